The van der Waals surface area contributed by atoms with Gasteiger partial charge in [0.15, 0.2) is 0 Å². The molecule has 0 amide bonds. The predicted octanol–water partition coefficient (Wildman–Crippen LogP) is 3.31. The molecule has 1 aromatic heterocycles. The number of nitrogens with zero attached hydrogens (tertiary/aromatic N) is 1. The standard InChI is InChI=1S/C17H22N2O/c1-2-9-18-17(14-8-11-20-12-14)15-7-3-5-13-6-4-10-19-16(13)15/h3-7,10,14,17-18H,2,8-9,11-12H2,1H3. The van der Waals surface area contributed by atoms with Gasteiger partial charge in [-0.15, -0.1) is 0 Å². The third-order valence-corrected chi connectivity index (χ3v) is 4.05. The summed E-state index contributed by atoms with van der Waals surface area (Å²) in [6, 6.07) is 11.0. The molecule has 20 heavy (non-hydrogen) atoms. The van der Waals surface area contributed by atoms with Crippen LogP contribution in [0.5, 0.6) is 0 Å². The Morgan fingerprint density at radius 3 is 3.05 bits per heavy atom. The molecule has 1 N–H and O–H groups in total. The number of nitrogens with one attached hydrogen (secondary N) is 1. The molecular weight excluding hydrogens is 248 g/mol. The van der Waals surface area contributed by atoms with Gasteiger partial charge in [0, 0.05) is 30.1 Å². The van der Waals surface area contributed by atoms with Gasteiger partial charge in [-0.2, -0.15) is 0 Å². The molecule has 0 bridgehead atoms. The summed E-state index contributed by atoms with van der Waals surface area (Å²) in [5.74, 6) is 0.550. The molecule has 0 aliphatic carbocycles. The Morgan fingerprint density at radius 2 is 2.25 bits per heavy atom. The fourth-order valence-electron chi connectivity index (χ4n) is 3.02. The maximum atomic E-state index is 5.59. The maximum Gasteiger partial charge on any atom is 0.0749 e. The van der Waals surface area contributed by atoms with E-state index in [0.717, 1.165) is 38.1 Å². The lowest BCUT2D eigenvalue weighted by molar-refractivity contribution is 0.177. The Labute approximate surface area is 120 Å². The van der Waals surface area contributed by atoms with E-state index in [-0.39, 0.29) is 0 Å². The Balaban J connectivity index is 1.99. The summed E-state index contributed by atoms with van der Waals surface area (Å²) < 4.78 is 5.59. The van der Waals surface area contributed by atoms with Crippen LogP contribution in [0.15, 0.2) is 36.5 Å². The quantitative estimate of drug-likeness (QED) is 0.905. The minimum atomic E-state index is 0.344. The zero-order valence-corrected chi connectivity index (χ0v) is 12.0. The summed E-state index contributed by atoms with van der Waals surface area (Å²) in [5, 5.41) is 4.91. The molecule has 3 rings (SSSR count). The summed E-state index contributed by atoms with van der Waals surface area (Å²) in [4.78, 5) is 4.60. The lowest BCUT2D eigenvalue weighted by Gasteiger charge is -2.25. The Kier molecular flexibility index (Phi) is 4.28. The Bertz CT molecular complexity index is 558. The van der Waals surface area contributed by atoms with Crippen LogP contribution in [0.2, 0.25) is 0 Å². The van der Waals surface area contributed by atoms with Gasteiger partial charge in [-0.3, -0.25) is 4.98 Å². The smallest absolute Gasteiger partial charge is 0.0749 e. The summed E-state index contributed by atoms with van der Waals surface area (Å²) in [7, 11) is 0. The molecule has 2 aromatic rings. The highest BCUT2D eigenvalue weighted by Gasteiger charge is 2.27. The van der Waals surface area contributed by atoms with Gasteiger partial charge in [0.2, 0.25) is 0 Å². The fraction of sp³-hybridized carbons (Fsp3) is 0.471. The van der Waals surface area contributed by atoms with E-state index in [1.165, 1.54) is 10.9 Å². The number of hydrogen-bond donors (Lipinski definition) is 1. The summed E-state index contributed by atoms with van der Waals surface area (Å²) >= 11 is 0. The normalized spacial score (nSPS) is 20.4. The zero-order valence-electron chi connectivity index (χ0n) is 12.0. The van der Waals surface area contributed by atoms with Crippen molar-refractivity contribution in [3.05, 3.63) is 42.1 Å². The molecule has 2 atom stereocenters. The lowest BCUT2D eigenvalue weighted by atomic mass is 9.90. The van der Waals surface area contributed by atoms with Crippen LogP contribution in [-0.2, 0) is 4.74 Å². The van der Waals surface area contributed by atoms with Crippen molar-refractivity contribution in [2.24, 2.45) is 5.92 Å². The van der Waals surface area contributed by atoms with Gasteiger partial charge in [-0.1, -0.05) is 31.2 Å². The second-order valence-electron chi connectivity index (χ2n) is 5.48. The highest BCUT2D eigenvalue weighted by atomic mass is 16.5. The van der Waals surface area contributed by atoms with E-state index in [4.69, 9.17) is 4.74 Å². The second kappa shape index (κ2) is 6.33. The van der Waals surface area contributed by atoms with Crippen LogP contribution in [0.25, 0.3) is 10.9 Å². The van der Waals surface area contributed by atoms with Crippen molar-refractivity contribution in [3.8, 4) is 0 Å². The van der Waals surface area contributed by atoms with Crippen LogP contribution in [-0.4, -0.2) is 24.7 Å². The molecule has 1 fully saturated rings. The number of hydrogen-bond acceptors (Lipinski definition) is 3. The average Bonchev–Trinajstić information content (AvgIpc) is 3.02. The van der Waals surface area contributed by atoms with Gasteiger partial charge < -0.3 is 10.1 Å². The van der Waals surface area contributed by atoms with Gasteiger partial charge in [-0.05, 0) is 31.0 Å². The number of ether oxygens (including phenoxy) is 1. The van der Waals surface area contributed by atoms with Crippen molar-refractivity contribution in [2.45, 2.75) is 25.8 Å². The van der Waals surface area contributed by atoms with Crippen molar-refractivity contribution >= 4 is 10.9 Å². The molecule has 0 radical (unpaired) electrons. The lowest BCUT2D eigenvalue weighted by Crippen LogP contribution is -2.29. The molecular formula is C17H22N2O. The van der Waals surface area contributed by atoms with Crippen molar-refractivity contribution < 1.29 is 4.74 Å². The molecule has 1 saturated heterocycles. The molecule has 1 aromatic carbocycles. The van der Waals surface area contributed by atoms with E-state index in [1.54, 1.807) is 0 Å². The topological polar surface area (TPSA) is 34.2 Å². The first-order valence-corrected chi connectivity index (χ1v) is 7.55. The van der Waals surface area contributed by atoms with E-state index in [9.17, 15) is 0 Å². The van der Waals surface area contributed by atoms with Crippen LogP contribution in [0, 0.1) is 5.92 Å². The van der Waals surface area contributed by atoms with Gasteiger partial charge >= 0.3 is 0 Å². The van der Waals surface area contributed by atoms with Crippen molar-refractivity contribution in [3.63, 3.8) is 0 Å². The SMILES string of the molecule is CCCNC(c1cccc2cccnc12)C1CCOC1. The number of benzene rings is 1. The van der Waals surface area contributed by atoms with Crippen molar-refractivity contribution in [1.82, 2.24) is 10.3 Å². The average molecular weight is 270 g/mol. The van der Waals surface area contributed by atoms with Crippen LogP contribution in [0.1, 0.15) is 31.4 Å². The van der Waals surface area contributed by atoms with E-state index in [0.29, 0.717) is 12.0 Å². The summed E-state index contributed by atoms with van der Waals surface area (Å²) in [5.41, 5.74) is 2.43. The molecule has 2 unspecified atom stereocenters. The number of fused-ring (bicyclic) bond motifs is 1. The Morgan fingerprint density at radius 1 is 1.35 bits per heavy atom. The summed E-state index contributed by atoms with van der Waals surface area (Å²) in [6.45, 7) is 4.97. The van der Waals surface area contributed by atoms with E-state index >= 15 is 0 Å². The monoisotopic (exact) mass is 270 g/mol. The number of aromatic nitrogens is 1. The highest BCUT2D eigenvalue weighted by Crippen LogP contribution is 2.32. The molecule has 106 valence electrons. The fourth-order valence-corrected chi connectivity index (χ4v) is 3.02. The molecule has 3 heteroatoms. The van der Waals surface area contributed by atoms with Crippen LogP contribution < -0.4 is 5.32 Å². The second-order valence-corrected chi connectivity index (χ2v) is 5.48. The largest absolute Gasteiger partial charge is 0.381 e. The third-order valence-electron chi connectivity index (χ3n) is 4.05. The molecule has 0 spiro atoms. The predicted molar refractivity (Wildman–Crippen MR) is 81.7 cm³/mol. The van der Waals surface area contributed by atoms with E-state index < -0.39 is 0 Å². The highest BCUT2D eigenvalue weighted by molar-refractivity contribution is 5.82. The number of pyridine rings is 1. The minimum Gasteiger partial charge on any atom is -0.381 e. The first kappa shape index (κ1) is 13.5. The number of rotatable bonds is 5. The molecule has 3 nitrogen and oxygen atoms in total. The summed E-state index contributed by atoms with van der Waals surface area (Å²) in [6.07, 6.45) is 4.15. The van der Waals surface area contributed by atoms with Gasteiger partial charge in [0.05, 0.1) is 12.1 Å². The molecule has 1 aliphatic heterocycles. The van der Waals surface area contributed by atoms with Crippen LogP contribution in [0.4, 0.5) is 0 Å². The van der Waals surface area contributed by atoms with Gasteiger partial charge in [-0.25, -0.2) is 0 Å². The minimum absolute atomic E-state index is 0.344. The maximum absolute atomic E-state index is 5.59. The van der Waals surface area contributed by atoms with Crippen LogP contribution >= 0.6 is 0 Å². The first-order chi connectivity index (χ1) is 9.90. The van der Waals surface area contributed by atoms with Gasteiger partial charge in [0.1, 0.15) is 0 Å². The number of para-hydroxylation sites is 1. The molecule has 1 aliphatic rings. The Hall–Kier alpha value is -1.45. The third kappa shape index (κ3) is 2.69. The van der Waals surface area contributed by atoms with Gasteiger partial charge in [0.25, 0.3) is 0 Å². The van der Waals surface area contributed by atoms with E-state index in [2.05, 4.69) is 41.5 Å². The zero-order chi connectivity index (χ0) is 13.8. The molecule has 0 saturated carbocycles. The van der Waals surface area contributed by atoms with E-state index in [1.807, 2.05) is 12.3 Å². The van der Waals surface area contributed by atoms with Crippen molar-refractivity contribution in [1.29, 1.82) is 0 Å². The van der Waals surface area contributed by atoms with Crippen molar-refractivity contribution in [2.75, 3.05) is 19.8 Å². The first-order valence-electron chi connectivity index (χ1n) is 7.55. The molecule has 2 heterocycles. The van der Waals surface area contributed by atoms with Crippen LogP contribution in [0.3, 0.4) is 0 Å².